The van der Waals surface area contributed by atoms with Gasteiger partial charge in [-0.25, -0.2) is 0 Å². The molecule has 0 saturated heterocycles. The van der Waals surface area contributed by atoms with Crippen molar-refractivity contribution in [3.05, 3.63) is 121 Å². The van der Waals surface area contributed by atoms with Gasteiger partial charge in [-0.15, -0.1) is 0 Å². The summed E-state index contributed by atoms with van der Waals surface area (Å²) in [6, 6.07) is 39.6. The molecule has 0 aromatic heterocycles. The second-order valence-electron chi connectivity index (χ2n) is 7.64. The number of Topliss-reactive ketones (excluding diaryl/α,β-unsaturated/α-hetero) is 1. The average molecular weight is 438 g/mol. The molecule has 158 valence electrons. The smallest absolute Gasteiger partial charge is 0.291 e. The fourth-order valence-electron chi connectivity index (χ4n) is 4.01. The number of para-hydroxylation sites is 1. The van der Waals surface area contributed by atoms with Crippen LogP contribution in [0.1, 0.15) is 12.5 Å². The molecule has 0 saturated carbocycles. The molecule has 4 aromatic rings. The van der Waals surface area contributed by atoms with E-state index in [-0.39, 0.29) is 0 Å². The van der Waals surface area contributed by atoms with Gasteiger partial charge in [-0.3, -0.25) is 9.59 Å². The standard InChI is InChI=1S/C28H24NO2P/c1-22(30)28(31)29-27-20-12-11-13-23(27)21-32(24-14-5-2-6-15-24,25-16-7-3-8-17-25)26-18-9-4-10-19-26/h2-20H,21H2,1H3/p+1. The van der Waals surface area contributed by atoms with Gasteiger partial charge in [-0.2, -0.15) is 0 Å². The molecule has 0 bridgehead atoms. The van der Waals surface area contributed by atoms with Crippen LogP contribution in [0, 0.1) is 0 Å². The van der Waals surface area contributed by atoms with E-state index in [1.165, 1.54) is 22.8 Å². The maximum Gasteiger partial charge on any atom is 0.291 e. The van der Waals surface area contributed by atoms with E-state index in [9.17, 15) is 9.59 Å². The Morgan fingerprint density at radius 3 is 1.47 bits per heavy atom. The average Bonchev–Trinajstić information content (AvgIpc) is 2.85. The summed E-state index contributed by atoms with van der Waals surface area (Å²) >= 11 is 0. The Balaban J connectivity index is 1.94. The molecule has 4 aromatic carbocycles. The van der Waals surface area contributed by atoms with E-state index < -0.39 is 19.0 Å². The second-order valence-corrected chi connectivity index (χ2v) is 11.1. The van der Waals surface area contributed by atoms with E-state index in [1.807, 2.05) is 42.5 Å². The lowest BCUT2D eigenvalue weighted by Crippen LogP contribution is -2.32. The van der Waals surface area contributed by atoms with Crippen LogP contribution < -0.4 is 21.2 Å². The third-order valence-electron chi connectivity index (χ3n) is 5.58. The van der Waals surface area contributed by atoms with Crippen molar-refractivity contribution < 1.29 is 9.59 Å². The highest BCUT2D eigenvalue weighted by Crippen LogP contribution is 2.58. The van der Waals surface area contributed by atoms with Crippen LogP contribution >= 0.6 is 7.26 Å². The van der Waals surface area contributed by atoms with Crippen LogP contribution in [0.3, 0.4) is 0 Å². The molecule has 0 heterocycles. The van der Waals surface area contributed by atoms with Gasteiger partial charge in [0.05, 0.1) is 0 Å². The first kappa shape index (κ1) is 21.7. The first-order valence-corrected chi connectivity index (χ1v) is 12.5. The van der Waals surface area contributed by atoms with Crippen LogP contribution in [-0.4, -0.2) is 11.7 Å². The summed E-state index contributed by atoms with van der Waals surface area (Å²) in [6.45, 7) is 1.28. The molecule has 0 spiro atoms. The number of benzene rings is 4. The quantitative estimate of drug-likeness (QED) is 0.336. The highest BCUT2D eigenvalue weighted by Gasteiger charge is 2.45. The SMILES string of the molecule is CC(=O)C(=O)Nc1ccccc1C[P+](c1ccccc1)(c1ccccc1)c1ccccc1. The molecule has 0 aliphatic heterocycles. The summed E-state index contributed by atoms with van der Waals surface area (Å²) in [5.41, 5.74) is 1.69. The van der Waals surface area contributed by atoms with Gasteiger partial charge >= 0.3 is 0 Å². The minimum atomic E-state index is -2.11. The Hall–Kier alpha value is -3.55. The molecule has 4 rings (SSSR count). The van der Waals surface area contributed by atoms with Gasteiger partial charge in [0.1, 0.15) is 29.3 Å². The normalized spacial score (nSPS) is 11.0. The van der Waals surface area contributed by atoms with Gasteiger partial charge in [0.15, 0.2) is 0 Å². The first-order chi connectivity index (χ1) is 15.6. The summed E-state index contributed by atoms with van der Waals surface area (Å²) in [5.74, 6) is -1.10. The number of hydrogen-bond acceptors (Lipinski definition) is 2. The van der Waals surface area contributed by atoms with Crippen LogP contribution in [0.5, 0.6) is 0 Å². The van der Waals surface area contributed by atoms with Crippen molar-refractivity contribution in [2.75, 3.05) is 5.32 Å². The van der Waals surface area contributed by atoms with Crippen molar-refractivity contribution in [2.45, 2.75) is 13.1 Å². The molecule has 1 amide bonds. The third-order valence-corrected chi connectivity index (χ3v) is 9.94. The Kier molecular flexibility index (Phi) is 6.58. The zero-order chi connectivity index (χ0) is 22.4. The summed E-state index contributed by atoms with van der Waals surface area (Å²) in [5, 5.41) is 6.62. The Morgan fingerprint density at radius 1 is 0.625 bits per heavy atom. The highest BCUT2D eigenvalue weighted by atomic mass is 31.2. The molecule has 1 N–H and O–H groups in total. The lowest BCUT2D eigenvalue weighted by Gasteiger charge is -2.28. The molecule has 4 heteroatoms. The zero-order valence-electron chi connectivity index (χ0n) is 17.9. The zero-order valence-corrected chi connectivity index (χ0v) is 18.8. The number of amides is 1. The monoisotopic (exact) mass is 438 g/mol. The Bertz CT molecular complexity index is 1110. The van der Waals surface area contributed by atoms with E-state index in [2.05, 4.69) is 78.1 Å². The van der Waals surface area contributed by atoms with Crippen LogP contribution in [0.15, 0.2) is 115 Å². The predicted octanol–water partition coefficient (Wildman–Crippen LogP) is 4.71. The maximum absolute atomic E-state index is 12.2. The van der Waals surface area contributed by atoms with Crippen LogP contribution in [0.4, 0.5) is 5.69 Å². The molecule has 0 unspecified atom stereocenters. The largest absolute Gasteiger partial charge is 0.319 e. The molecule has 0 aliphatic carbocycles. The van der Waals surface area contributed by atoms with Gasteiger partial charge in [-0.05, 0) is 42.5 Å². The topological polar surface area (TPSA) is 46.2 Å². The van der Waals surface area contributed by atoms with Gasteiger partial charge in [0.25, 0.3) is 5.91 Å². The number of rotatable bonds is 7. The summed E-state index contributed by atoms with van der Waals surface area (Å²) in [6.07, 6.45) is 0.722. The predicted molar refractivity (Wildman–Crippen MR) is 135 cm³/mol. The van der Waals surface area contributed by atoms with Crippen LogP contribution in [0.25, 0.3) is 0 Å². The number of hydrogen-bond donors (Lipinski definition) is 1. The van der Waals surface area contributed by atoms with Crippen molar-refractivity contribution in [3.63, 3.8) is 0 Å². The molecular formula is C28H25NO2P+. The molecule has 0 fully saturated rings. The fourth-order valence-corrected chi connectivity index (χ4v) is 8.29. The fraction of sp³-hybridized carbons (Fsp3) is 0.0714. The van der Waals surface area contributed by atoms with E-state index >= 15 is 0 Å². The summed E-state index contributed by atoms with van der Waals surface area (Å²) in [7, 11) is -2.11. The van der Waals surface area contributed by atoms with Crippen molar-refractivity contribution in [1.82, 2.24) is 0 Å². The molecule has 0 aliphatic rings. The van der Waals surface area contributed by atoms with Gasteiger partial charge in [0.2, 0.25) is 5.78 Å². The van der Waals surface area contributed by atoms with Crippen molar-refractivity contribution in [1.29, 1.82) is 0 Å². The minimum absolute atomic E-state index is 0.505. The van der Waals surface area contributed by atoms with Crippen molar-refractivity contribution in [3.8, 4) is 0 Å². The lowest BCUT2D eigenvalue weighted by molar-refractivity contribution is -0.133. The molecule has 0 radical (unpaired) electrons. The van der Waals surface area contributed by atoms with Crippen molar-refractivity contribution >= 4 is 40.6 Å². The molecular weight excluding hydrogens is 413 g/mol. The van der Waals surface area contributed by atoms with Crippen LogP contribution in [0.2, 0.25) is 0 Å². The number of nitrogens with one attached hydrogen (secondary N) is 1. The number of anilines is 1. The lowest BCUT2D eigenvalue weighted by atomic mass is 10.2. The number of ketones is 1. The molecule has 32 heavy (non-hydrogen) atoms. The van der Waals surface area contributed by atoms with Crippen molar-refractivity contribution in [2.24, 2.45) is 0 Å². The van der Waals surface area contributed by atoms with E-state index in [4.69, 9.17) is 0 Å². The maximum atomic E-state index is 12.2. The highest BCUT2D eigenvalue weighted by molar-refractivity contribution is 7.95. The van der Waals surface area contributed by atoms with E-state index in [0.29, 0.717) is 5.69 Å². The number of carbonyl (C=O) groups is 2. The Labute approximate surface area is 189 Å². The minimum Gasteiger partial charge on any atom is -0.319 e. The van der Waals surface area contributed by atoms with E-state index in [0.717, 1.165) is 11.7 Å². The molecule has 0 atom stereocenters. The van der Waals surface area contributed by atoms with Crippen LogP contribution in [-0.2, 0) is 15.8 Å². The Morgan fingerprint density at radius 2 is 1.03 bits per heavy atom. The molecule has 3 nitrogen and oxygen atoms in total. The summed E-state index contributed by atoms with van der Waals surface area (Å²) < 4.78 is 0. The van der Waals surface area contributed by atoms with Gasteiger partial charge in [0, 0.05) is 18.2 Å². The van der Waals surface area contributed by atoms with E-state index in [1.54, 1.807) is 0 Å². The van der Waals surface area contributed by atoms with Gasteiger partial charge < -0.3 is 5.32 Å². The van der Waals surface area contributed by atoms with Gasteiger partial charge in [-0.1, -0.05) is 72.8 Å². The third kappa shape index (κ3) is 4.39. The first-order valence-electron chi connectivity index (χ1n) is 10.6. The second kappa shape index (κ2) is 9.72. The summed E-state index contributed by atoms with van der Waals surface area (Å²) in [4.78, 5) is 23.8. The number of carbonyl (C=O) groups excluding carboxylic acids is 2.